The number of ether oxygens (including phenoxy) is 1. The Kier molecular flexibility index (Phi) is 4.80. The highest BCUT2D eigenvalue weighted by Crippen LogP contribution is 2.28. The monoisotopic (exact) mass is 241 g/mol. The minimum Gasteiger partial charge on any atom is -0.481 e. The maximum Gasteiger partial charge on any atom is 0.308 e. The van der Waals surface area contributed by atoms with Crippen molar-refractivity contribution < 1.29 is 14.6 Å². The van der Waals surface area contributed by atoms with Crippen LogP contribution in [0.3, 0.4) is 0 Å². The molecule has 0 bridgehead atoms. The average molecular weight is 241 g/mol. The van der Waals surface area contributed by atoms with Gasteiger partial charge in [0.15, 0.2) is 0 Å². The summed E-state index contributed by atoms with van der Waals surface area (Å²) in [4.78, 5) is 13.7. The van der Waals surface area contributed by atoms with E-state index >= 15 is 0 Å². The van der Waals surface area contributed by atoms with Crippen molar-refractivity contribution >= 4 is 5.97 Å². The number of hydrogen-bond donors (Lipinski definition) is 1. The number of carboxylic acids is 1. The molecule has 0 aromatic heterocycles. The Morgan fingerprint density at radius 2 is 1.88 bits per heavy atom. The van der Waals surface area contributed by atoms with Crippen LogP contribution in [0, 0.1) is 5.92 Å². The lowest BCUT2D eigenvalue weighted by Gasteiger charge is -2.33. The van der Waals surface area contributed by atoms with E-state index < -0.39 is 5.97 Å². The molecule has 1 saturated carbocycles. The highest BCUT2D eigenvalue weighted by Gasteiger charge is 2.33. The van der Waals surface area contributed by atoms with Gasteiger partial charge in [-0.05, 0) is 19.3 Å². The summed E-state index contributed by atoms with van der Waals surface area (Å²) in [6.07, 6.45) is 6.34. The summed E-state index contributed by atoms with van der Waals surface area (Å²) in [6, 6.07) is 0.233. The highest BCUT2D eigenvalue weighted by atomic mass is 16.5. The Balaban J connectivity index is 2.04. The fraction of sp³-hybridized carbons (Fsp3) is 0.923. The molecule has 0 spiro atoms. The Bertz CT molecular complexity index is 249. The molecule has 1 aliphatic carbocycles. The first-order valence-corrected chi connectivity index (χ1v) is 6.83. The molecule has 0 aromatic carbocycles. The third kappa shape index (κ3) is 3.42. The molecule has 4 nitrogen and oxygen atoms in total. The zero-order valence-electron chi connectivity index (χ0n) is 10.4. The van der Waals surface area contributed by atoms with Crippen molar-refractivity contribution in [2.75, 3.05) is 26.3 Å². The molecule has 0 radical (unpaired) electrons. The van der Waals surface area contributed by atoms with Crippen molar-refractivity contribution in [2.24, 2.45) is 5.92 Å². The summed E-state index contributed by atoms with van der Waals surface area (Å²) in [5.74, 6) is -0.780. The maximum atomic E-state index is 11.4. The van der Waals surface area contributed by atoms with Crippen LogP contribution in [-0.4, -0.2) is 48.3 Å². The summed E-state index contributed by atoms with van der Waals surface area (Å²) in [7, 11) is 0. The highest BCUT2D eigenvalue weighted by molar-refractivity contribution is 5.70. The molecule has 1 saturated heterocycles. The molecule has 4 heteroatoms. The Labute approximate surface area is 103 Å². The first-order valence-electron chi connectivity index (χ1n) is 6.83. The third-order valence-electron chi connectivity index (χ3n) is 4.02. The number of nitrogens with zero attached hydrogens (tertiary/aromatic N) is 1. The quantitative estimate of drug-likeness (QED) is 0.748. The standard InChI is InChI=1S/C13H23NO3/c15-13(16)11-5-2-1-3-6-12(11)14-7-4-9-17-10-8-14/h11-12H,1-10H2,(H,15,16). The summed E-state index contributed by atoms with van der Waals surface area (Å²) < 4.78 is 5.45. The first-order chi connectivity index (χ1) is 8.29. The zero-order chi connectivity index (χ0) is 12.1. The third-order valence-corrected chi connectivity index (χ3v) is 4.02. The molecule has 98 valence electrons. The van der Waals surface area contributed by atoms with Crippen LogP contribution in [0.4, 0.5) is 0 Å². The van der Waals surface area contributed by atoms with Crippen LogP contribution in [0.5, 0.6) is 0 Å². The van der Waals surface area contributed by atoms with Crippen molar-refractivity contribution in [3.8, 4) is 0 Å². The van der Waals surface area contributed by atoms with Crippen molar-refractivity contribution in [3.05, 3.63) is 0 Å². The maximum absolute atomic E-state index is 11.4. The van der Waals surface area contributed by atoms with Gasteiger partial charge >= 0.3 is 5.97 Å². The van der Waals surface area contributed by atoms with Gasteiger partial charge in [-0.2, -0.15) is 0 Å². The minimum absolute atomic E-state index is 0.171. The molecular formula is C13H23NO3. The van der Waals surface area contributed by atoms with Crippen LogP contribution in [0.1, 0.15) is 38.5 Å². The summed E-state index contributed by atoms with van der Waals surface area (Å²) >= 11 is 0. The van der Waals surface area contributed by atoms with E-state index in [4.69, 9.17) is 4.74 Å². The second-order valence-electron chi connectivity index (χ2n) is 5.15. The van der Waals surface area contributed by atoms with E-state index in [-0.39, 0.29) is 12.0 Å². The van der Waals surface area contributed by atoms with Crippen LogP contribution in [0.25, 0.3) is 0 Å². The van der Waals surface area contributed by atoms with Gasteiger partial charge in [0.2, 0.25) is 0 Å². The lowest BCUT2D eigenvalue weighted by molar-refractivity contribution is -0.144. The lowest BCUT2D eigenvalue weighted by Crippen LogP contribution is -2.44. The van der Waals surface area contributed by atoms with Gasteiger partial charge in [0.05, 0.1) is 12.5 Å². The fourth-order valence-corrected chi connectivity index (χ4v) is 3.11. The van der Waals surface area contributed by atoms with Gasteiger partial charge in [-0.25, -0.2) is 0 Å². The molecule has 0 aromatic rings. The SMILES string of the molecule is O=C(O)C1CCCCCC1N1CCCOCC1. The van der Waals surface area contributed by atoms with Gasteiger partial charge in [0.25, 0.3) is 0 Å². The molecule has 2 aliphatic rings. The number of carbonyl (C=O) groups is 1. The predicted octanol–water partition coefficient (Wildman–Crippen LogP) is 1.74. The van der Waals surface area contributed by atoms with Gasteiger partial charge in [-0.3, -0.25) is 9.69 Å². The van der Waals surface area contributed by atoms with Crippen molar-refractivity contribution in [3.63, 3.8) is 0 Å². The van der Waals surface area contributed by atoms with Crippen LogP contribution in [0.2, 0.25) is 0 Å². The molecule has 1 N–H and O–H groups in total. The van der Waals surface area contributed by atoms with E-state index in [2.05, 4.69) is 4.90 Å². The molecular weight excluding hydrogens is 218 g/mol. The number of hydrogen-bond acceptors (Lipinski definition) is 3. The molecule has 17 heavy (non-hydrogen) atoms. The normalized spacial score (nSPS) is 32.7. The molecule has 1 heterocycles. The first kappa shape index (κ1) is 12.8. The van der Waals surface area contributed by atoms with Gasteiger partial charge in [-0.1, -0.05) is 19.3 Å². The van der Waals surface area contributed by atoms with E-state index in [9.17, 15) is 9.90 Å². The van der Waals surface area contributed by atoms with E-state index in [1.165, 1.54) is 12.8 Å². The number of carboxylic acid groups (broad SMARTS) is 1. The number of rotatable bonds is 2. The van der Waals surface area contributed by atoms with E-state index in [0.717, 1.165) is 52.0 Å². The minimum atomic E-state index is -0.609. The lowest BCUT2D eigenvalue weighted by atomic mass is 9.93. The molecule has 2 rings (SSSR count). The van der Waals surface area contributed by atoms with Gasteiger partial charge < -0.3 is 9.84 Å². The van der Waals surface area contributed by atoms with Crippen molar-refractivity contribution in [1.82, 2.24) is 4.90 Å². The average Bonchev–Trinajstić information content (AvgIpc) is 2.71. The fourth-order valence-electron chi connectivity index (χ4n) is 3.11. The summed E-state index contributed by atoms with van der Waals surface area (Å²) in [6.45, 7) is 3.46. The van der Waals surface area contributed by atoms with Crippen LogP contribution >= 0.6 is 0 Å². The zero-order valence-corrected chi connectivity index (χ0v) is 10.4. The van der Waals surface area contributed by atoms with E-state index in [0.29, 0.717) is 0 Å². The topological polar surface area (TPSA) is 49.8 Å². The van der Waals surface area contributed by atoms with Crippen LogP contribution in [-0.2, 0) is 9.53 Å². The molecule has 2 unspecified atom stereocenters. The Hall–Kier alpha value is -0.610. The molecule has 2 fully saturated rings. The summed E-state index contributed by atoms with van der Waals surface area (Å²) in [5.41, 5.74) is 0. The Morgan fingerprint density at radius 3 is 2.71 bits per heavy atom. The molecule has 1 aliphatic heterocycles. The van der Waals surface area contributed by atoms with E-state index in [1.807, 2.05) is 0 Å². The van der Waals surface area contributed by atoms with Crippen molar-refractivity contribution in [1.29, 1.82) is 0 Å². The van der Waals surface area contributed by atoms with Gasteiger partial charge in [-0.15, -0.1) is 0 Å². The van der Waals surface area contributed by atoms with Gasteiger partial charge in [0, 0.05) is 25.7 Å². The largest absolute Gasteiger partial charge is 0.481 e. The van der Waals surface area contributed by atoms with E-state index in [1.54, 1.807) is 0 Å². The molecule has 0 amide bonds. The Morgan fingerprint density at radius 1 is 1.06 bits per heavy atom. The smallest absolute Gasteiger partial charge is 0.308 e. The molecule has 2 atom stereocenters. The van der Waals surface area contributed by atoms with Gasteiger partial charge in [0.1, 0.15) is 0 Å². The summed E-state index contributed by atoms with van der Waals surface area (Å²) in [5, 5.41) is 9.38. The second kappa shape index (κ2) is 6.36. The number of aliphatic carboxylic acids is 1. The predicted molar refractivity (Wildman–Crippen MR) is 65.0 cm³/mol. The van der Waals surface area contributed by atoms with Crippen LogP contribution in [0.15, 0.2) is 0 Å². The van der Waals surface area contributed by atoms with Crippen LogP contribution < -0.4 is 0 Å². The second-order valence-corrected chi connectivity index (χ2v) is 5.15. The van der Waals surface area contributed by atoms with Crippen molar-refractivity contribution in [2.45, 2.75) is 44.6 Å².